The van der Waals surface area contributed by atoms with Gasteiger partial charge >= 0.3 is 0 Å². The third-order valence-electron chi connectivity index (χ3n) is 5.47. The lowest BCUT2D eigenvalue weighted by molar-refractivity contribution is 0.0736. The molecule has 5 nitrogen and oxygen atoms in total. The van der Waals surface area contributed by atoms with Crippen LogP contribution in [-0.2, 0) is 6.54 Å². The van der Waals surface area contributed by atoms with E-state index in [2.05, 4.69) is 65.8 Å². The van der Waals surface area contributed by atoms with E-state index >= 15 is 0 Å². The molecule has 2 heterocycles. The zero-order chi connectivity index (χ0) is 20.9. The molecule has 0 bridgehead atoms. The van der Waals surface area contributed by atoms with Gasteiger partial charge in [-0.1, -0.05) is 42.0 Å². The van der Waals surface area contributed by atoms with Crippen LogP contribution in [0.15, 0.2) is 53.9 Å². The first-order valence-electron chi connectivity index (χ1n) is 10.5. The van der Waals surface area contributed by atoms with Crippen molar-refractivity contribution in [1.29, 1.82) is 0 Å². The fraction of sp³-hybridized carbons (Fsp3) is 0.333. The van der Waals surface area contributed by atoms with Gasteiger partial charge in [0.2, 0.25) is 0 Å². The van der Waals surface area contributed by atoms with Gasteiger partial charge in [-0.15, -0.1) is 11.3 Å². The summed E-state index contributed by atoms with van der Waals surface area (Å²) >= 11 is 1.68. The summed E-state index contributed by atoms with van der Waals surface area (Å²) < 4.78 is 0. The molecule has 6 heteroatoms. The summed E-state index contributed by atoms with van der Waals surface area (Å²) in [4.78, 5) is 21.7. The molecule has 0 spiro atoms. The van der Waals surface area contributed by atoms with E-state index in [-0.39, 0.29) is 5.91 Å². The normalized spacial score (nSPS) is 14.0. The Morgan fingerprint density at radius 2 is 1.80 bits per heavy atom. The first-order valence-corrected chi connectivity index (χ1v) is 11.4. The Morgan fingerprint density at radius 3 is 2.47 bits per heavy atom. The average Bonchev–Trinajstić information content (AvgIpc) is 3.28. The molecule has 1 aliphatic heterocycles. The smallest absolute Gasteiger partial charge is 0.253 e. The number of anilines is 1. The minimum Gasteiger partial charge on any atom is -0.344 e. The van der Waals surface area contributed by atoms with E-state index in [0.717, 1.165) is 61.2 Å². The van der Waals surface area contributed by atoms with Gasteiger partial charge in [0.1, 0.15) is 0 Å². The van der Waals surface area contributed by atoms with Gasteiger partial charge in [0.25, 0.3) is 5.91 Å². The maximum atomic E-state index is 12.6. The maximum Gasteiger partial charge on any atom is 0.253 e. The van der Waals surface area contributed by atoms with Crippen LogP contribution in [-0.4, -0.2) is 48.5 Å². The van der Waals surface area contributed by atoms with E-state index < -0.39 is 0 Å². The van der Waals surface area contributed by atoms with E-state index in [4.69, 9.17) is 4.98 Å². The summed E-state index contributed by atoms with van der Waals surface area (Å²) in [6.45, 7) is 9.19. The van der Waals surface area contributed by atoms with Crippen molar-refractivity contribution < 1.29 is 4.79 Å². The Bertz CT molecular complexity index is 975. The topological polar surface area (TPSA) is 48.5 Å². The number of benzene rings is 2. The van der Waals surface area contributed by atoms with Gasteiger partial charge in [-0.05, 0) is 31.5 Å². The average molecular weight is 421 g/mol. The van der Waals surface area contributed by atoms with Crippen molar-refractivity contribution in [2.24, 2.45) is 0 Å². The first kappa shape index (κ1) is 20.6. The Labute approximate surface area is 182 Å². The Morgan fingerprint density at radius 1 is 1.10 bits per heavy atom. The van der Waals surface area contributed by atoms with Crippen molar-refractivity contribution in [1.82, 2.24) is 15.2 Å². The molecule has 1 N–H and O–H groups in total. The second-order valence-corrected chi connectivity index (χ2v) is 8.47. The van der Waals surface area contributed by atoms with Crippen LogP contribution in [0.4, 0.5) is 5.13 Å². The molecule has 2 aromatic carbocycles. The highest BCUT2D eigenvalue weighted by Gasteiger charge is 2.18. The SMILES string of the molecule is CCN(Cc1ccc(C(=O)N2CCNCC2)cc1)c1nc(-c2ccc(C)cc2)cs1. The monoisotopic (exact) mass is 420 g/mol. The standard InChI is InChI=1S/C24H28N4OS/c1-3-27(24-26-22(17-30-24)20-8-4-18(2)5-9-20)16-19-6-10-21(11-7-19)23(29)28-14-12-25-13-15-28/h4-11,17,25H,3,12-16H2,1-2H3. The first-order chi connectivity index (χ1) is 14.6. The lowest BCUT2D eigenvalue weighted by atomic mass is 10.1. The Kier molecular flexibility index (Phi) is 6.45. The molecule has 1 fully saturated rings. The number of nitrogens with one attached hydrogen (secondary N) is 1. The number of hydrogen-bond donors (Lipinski definition) is 1. The minimum atomic E-state index is 0.123. The van der Waals surface area contributed by atoms with Crippen molar-refractivity contribution in [3.05, 3.63) is 70.6 Å². The number of aromatic nitrogens is 1. The fourth-order valence-electron chi connectivity index (χ4n) is 3.60. The molecule has 1 aromatic heterocycles. The van der Waals surface area contributed by atoms with Gasteiger partial charge in [-0.2, -0.15) is 0 Å². The fourth-order valence-corrected chi connectivity index (χ4v) is 4.50. The molecule has 3 aromatic rings. The van der Waals surface area contributed by atoms with Gasteiger partial charge in [-0.25, -0.2) is 4.98 Å². The molecule has 0 aliphatic carbocycles. The third kappa shape index (κ3) is 4.71. The number of nitrogens with zero attached hydrogens (tertiary/aromatic N) is 3. The number of rotatable bonds is 6. The second-order valence-electron chi connectivity index (χ2n) is 7.63. The number of thiazole rings is 1. The van der Waals surface area contributed by atoms with Crippen LogP contribution in [0, 0.1) is 6.92 Å². The van der Waals surface area contributed by atoms with Crippen LogP contribution in [0.3, 0.4) is 0 Å². The van der Waals surface area contributed by atoms with Crippen LogP contribution in [0.1, 0.15) is 28.4 Å². The number of aryl methyl sites for hydroxylation is 1. The second kappa shape index (κ2) is 9.41. The number of carbonyl (C=O) groups is 1. The van der Waals surface area contributed by atoms with Gasteiger partial charge in [0, 0.05) is 55.8 Å². The van der Waals surface area contributed by atoms with E-state index in [9.17, 15) is 4.79 Å². The maximum absolute atomic E-state index is 12.6. The number of carbonyl (C=O) groups excluding carboxylic acids is 1. The molecule has 1 saturated heterocycles. The molecule has 1 amide bonds. The minimum absolute atomic E-state index is 0.123. The summed E-state index contributed by atoms with van der Waals surface area (Å²) in [6, 6.07) is 16.5. The molecule has 156 valence electrons. The van der Waals surface area contributed by atoms with Crippen LogP contribution in [0.5, 0.6) is 0 Å². The van der Waals surface area contributed by atoms with Crippen molar-refractivity contribution in [2.75, 3.05) is 37.6 Å². The Hall–Kier alpha value is -2.70. The van der Waals surface area contributed by atoms with Gasteiger partial charge in [0.05, 0.1) is 5.69 Å². The number of hydrogen-bond acceptors (Lipinski definition) is 5. The van der Waals surface area contributed by atoms with Crippen molar-refractivity contribution in [2.45, 2.75) is 20.4 Å². The van der Waals surface area contributed by atoms with Gasteiger partial charge < -0.3 is 15.1 Å². The van der Waals surface area contributed by atoms with Crippen LogP contribution in [0.25, 0.3) is 11.3 Å². The predicted octanol–water partition coefficient (Wildman–Crippen LogP) is 4.19. The van der Waals surface area contributed by atoms with Crippen LogP contribution in [0.2, 0.25) is 0 Å². The van der Waals surface area contributed by atoms with Gasteiger partial charge in [-0.3, -0.25) is 4.79 Å². The van der Waals surface area contributed by atoms with E-state index in [1.165, 1.54) is 11.1 Å². The molecule has 1 aliphatic rings. The summed E-state index contributed by atoms with van der Waals surface area (Å²) in [5.74, 6) is 0.123. The molecule has 0 radical (unpaired) electrons. The van der Waals surface area contributed by atoms with E-state index in [0.29, 0.717) is 0 Å². The van der Waals surface area contributed by atoms with E-state index in [1.807, 2.05) is 17.0 Å². The lowest BCUT2D eigenvalue weighted by Crippen LogP contribution is -2.46. The largest absolute Gasteiger partial charge is 0.344 e. The number of piperazine rings is 1. The predicted molar refractivity (Wildman–Crippen MR) is 124 cm³/mol. The molecule has 0 atom stereocenters. The molecular formula is C24H28N4OS. The zero-order valence-corrected chi connectivity index (χ0v) is 18.4. The van der Waals surface area contributed by atoms with Crippen molar-refractivity contribution >= 4 is 22.4 Å². The summed E-state index contributed by atoms with van der Waals surface area (Å²) in [5, 5.41) is 6.43. The van der Waals surface area contributed by atoms with Gasteiger partial charge in [0.15, 0.2) is 5.13 Å². The third-order valence-corrected chi connectivity index (χ3v) is 6.37. The van der Waals surface area contributed by atoms with Crippen molar-refractivity contribution in [3.8, 4) is 11.3 Å². The zero-order valence-electron chi connectivity index (χ0n) is 17.6. The Balaban J connectivity index is 1.43. The summed E-state index contributed by atoms with van der Waals surface area (Å²) in [6.07, 6.45) is 0. The lowest BCUT2D eigenvalue weighted by Gasteiger charge is -2.27. The molecule has 4 rings (SSSR count). The molecule has 30 heavy (non-hydrogen) atoms. The van der Waals surface area contributed by atoms with Crippen LogP contribution < -0.4 is 10.2 Å². The highest BCUT2D eigenvalue weighted by molar-refractivity contribution is 7.14. The number of amides is 1. The molecule has 0 unspecified atom stereocenters. The molecular weight excluding hydrogens is 392 g/mol. The highest BCUT2D eigenvalue weighted by atomic mass is 32.1. The van der Waals surface area contributed by atoms with Crippen molar-refractivity contribution in [3.63, 3.8) is 0 Å². The molecule has 0 saturated carbocycles. The van der Waals surface area contributed by atoms with E-state index in [1.54, 1.807) is 11.3 Å². The quantitative estimate of drug-likeness (QED) is 0.650. The summed E-state index contributed by atoms with van der Waals surface area (Å²) in [5.41, 5.74) is 5.36. The van der Waals surface area contributed by atoms with Crippen LogP contribution >= 0.6 is 11.3 Å². The highest BCUT2D eigenvalue weighted by Crippen LogP contribution is 2.28. The summed E-state index contributed by atoms with van der Waals surface area (Å²) in [7, 11) is 0.